The van der Waals surface area contributed by atoms with Gasteiger partial charge < -0.3 is 16.2 Å². The highest BCUT2D eigenvalue weighted by Gasteiger charge is 2.18. The fourth-order valence-electron chi connectivity index (χ4n) is 1.74. The predicted octanol–water partition coefficient (Wildman–Crippen LogP) is 0.828. The first-order chi connectivity index (χ1) is 9.85. The van der Waals surface area contributed by atoms with Crippen molar-refractivity contribution in [2.45, 2.75) is 13.8 Å². The van der Waals surface area contributed by atoms with Crippen LogP contribution < -0.4 is 11.1 Å². The zero-order chi connectivity index (χ0) is 16.0. The Labute approximate surface area is 126 Å². The molecule has 116 valence electrons. The number of primary amides is 1. The van der Waals surface area contributed by atoms with Crippen LogP contribution in [0.15, 0.2) is 11.4 Å². The van der Waals surface area contributed by atoms with Crippen molar-refractivity contribution in [2.24, 2.45) is 11.7 Å². The number of nitrogens with one attached hydrogen (secondary N) is 1. The fourth-order valence-corrected chi connectivity index (χ4v) is 2.55. The van der Waals surface area contributed by atoms with Crippen molar-refractivity contribution in [1.29, 1.82) is 0 Å². The van der Waals surface area contributed by atoms with Gasteiger partial charge in [-0.05, 0) is 18.0 Å². The summed E-state index contributed by atoms with van der Waals surface area (Å²) in [5.41, 5.74) is 5.48. The molecule has 2 amide bonds. The van der Waals surface area contributed by atoms with E-state index in [1.807, 2.05) is 6.92 Å². The molecule has 0 aliphatic carbocycles. The van der Waals surface area contributed by atoms with Crippen molar-refractivity contribution in [3.05, 3.63) is 17.0 Å². The van der Waals surface area contributed by atoms with Crippen molar-refractivity contribution in [1.82, 2.24) is 4.90 Å². The largest absolute Gasteiger partial charge is 0.481 e. The fraction of sp³-hybridized carbons (Fsp3) is 0.462. The Bertz CT molecular complexity index is 529. The minimum Gasteiger partial charge on any atom is -0.481 e. The molecule has 1 rings (SSSR count). The van der Waals surface area contributed by atoms with E-state index in [-0.39, 0.29) is 24.6 Å². The number of carboxylic acid groups (broad SMARTS) is 1. The van der Waals surface area contributed by atoms with E-state index < -0.39 is 17.8 Å². The van der Waals surface area contributed by atoms with Crippen LogP contribution in [-0.2, 0) is 9.59 Å². The Morgan fingerprint density at radius 1 is 1.48 bits per heavy atom. The number of hydrogen-bond acceptors (Lipinski definition) is 5. The van der Waals surface area contributed by atoms with Crippen molar-refractivity contribution in [3.63, 3.8) is 0 Å². The van der Waals surface area contributed by atoms with E-state index in [0.717, 1.165) is 0 Å². The number of nitrogens with zero attached hydrogens (tertiary/aromatic N) is 1. The van der Waals surface area contributed by atoms with Gasteiger partial charge in [0.25, 0.3) is 5.91 Å². The highest BCUT2D eigenvalue weighted by atomic mass is 32.1. The molecule has 1 heterocycles. The summed E-state index contributed by atoms with van der Waals surface area (Å²) in [6, 6.07) is 1.55. The molecular weight excluding hydrogens is 294 g/mol. The highest BCUT2D eigenvalue weighted by Crippen LogP contribution is 2.22. The molecule has 8 heteroatoms. The van der Waals surface area contributed by atoms with Gasteiger partial charge in [-0.1, -0.05) is 13.8 Å². The lowest BCUT2D eigenvalue weighted by Crippen LogP contribution is -2.37. The molecule has 1 atom stereocenters. The summed E-state index contributed by atoms with van der Waals surface area (Å²) in [6.07, 6.45) is 0. The lowest BCUT2D eigenvalue weighted by molar-refractivity contribution is -0.142. The molecule has 0 radical (unpaired) electrons. The van der Waals surface area contributed by atoms with Gasteiger partial charge in [-0.25, -0.2) is 0 Å². The molecule has 0 bridgehead atoms. The SMILES string of the molecule is CCN(CC(=O)Nc1sccc1C(N)=O)CC(C)C(=O)O. The van der Waals surface area contributed by atoms with E-state index in [4.69, 9.17) is 10.8 Å². The van der Waals surface area contributed by atoms with Crippen LogP contribution in [0.3, 0.4) is 0 Å². The lowest BCUT2D eigenvalue weighted by Gasteiger charge is -2.21. The monoisotopic (exact) mass is 313 g/mol. The van der Waals surface area contributed by atoms with Gasteiger partial charge in [-0.2, -0.15) is 0 Å². The third kappa shape index (κ3) is 5.16. The average Bonchev–Trinajstić information content (AvgIpc) is 2.85. The van der Waals surface area contributed by atoms with E-state index in [9.17, 15) is 14.4 Å². The molecule has 0 aliphatic heterocycles. The molecule has 1 aromatic heterocycles. The van der Waals surface area contributed by atoms with Crippen LogP contribution in [0.2, 0.25) is 0 Å². The number of rotatable bonds is 8. The van der Waals surface area contributed by atoms with Gasteiger partial charge in [-0.15, -0.1) is 11.3 Å². The number of hydrogen-bond donors (Lipinski definition) is 3. The number of amides is 2. The van der Waals surface area contributed by atoms with Gasteiger partial charge in [0, 0.05) is 6.54 Å². The Morgan fingerprint density at radius 2 is 2.14 bits per heavy atom. The number of anilines is 1. The van der Waals surface area contributed by atoms with Gasteiger partial charge in [-0.3, -0.25) is 19.3 Å². The molecule has 1 unspecified atom stereocenters. The molecular formula is C13H19N3O4S. The second-order valence-electron chi connectivity index (χ2n) is 4.64. The molecule has 0 aromatic carbocycles. The van der Waals surface area contributed by atoms with Crippen molar-refractivity contribution in [2.75, 3.05) is 25.0 Å². The van der Waals surface area contributed by atoms with Crippen LogP contribution in [-0.4, -0.2) is 47.4 Å². The number of carbonyl (C=O) groups excluding carboxylic acids is 2. The highest BCUT2D eigenvalue weighted by molar-refractivity contribution is 7.14. The number of carboxylic acids is 1. The van der Waals surface area contributed by atoms with Crippen LogP contribution in [0, 0.1) is 5.92 Å². The first-order valence-corrected chi connectivity index (χ1v) is 7.35. The molecule has 0 saturated heterocycles. The van der Waals surface area contributed by atoms with Gasteiger partial charge in [0.1, 0.15) is 5.00 Å². The lowest BCUT2D eigenvalue weighted by atomic mass is 10.1. The zero-order valence-electron chi connectivity index (χ0n) is 12.0. The summed E-state index contributed by atoms with van der Waals surface area (Å²) >= 11 is 1.21. The van der Waals surface area contributed by atoms with Crippen LogP contribution in [0.5, 0.6) is 0 Å². The third-order valence-corrected chi connectivity index (χ3v) is 3.78. The Balaban J connectivity index is 2.61. The molecule has 21 heavy (non-hydrogen) atoms. The molecule has 7 nitrogen and oxygen atoms in total. The number of thiophene rings is 1. The first-order valence-electron chi connectivity index (χ1n) is 6.47. The van der Waals surface area contributed by atoms with Gasteiger partial charge in [0.15, 0.2) is 0 Å². The zero-order valence-corrected chi connectivity index (χ0v) is 12.8. The first kappa shape index (κ1) is 17.1. The van der Waals surface area contributed by atoms with Crippen molar-refractivity contribution in [3.8, 4) is 0 Å². The normalized spacial score (nSPS) is 12.1. The number of nitrogens with two attached hydrogens (primary N) is 1. The second-order valence-corrected chi connectivity index (χ2v) is 5.56. The van der Waals surface area contributed by atoms with E-state index in [2.05, 4.69) is 5.32 Å². The Morgan fingerprint density at radius 3 is 2.67 bits per heavy atom. The van der Waals surface area contributed by atoms with Gasteiger partial charge in [0.2, 0.25) is 5.91 Å². The molecule has 4 N–H and O–H groups in total. The number of aliphatic carboxylic acids is 1. The minimum atomic E-state index is -0.900. The van der Waals surface area contributed by atoms with Gasteiger partial charge >= 0.3 is 5.97 Å². The van der Waals surface area contributed by atoms with Gasteiger partial charge in [0.05, 0.1) is 18.0 Å². The van der Waals surface area contributed by atoms with E-state index in [0.29, 0.717) is 11.5 Å². The molecule has 1 aromatic rings. The molecule has 0 fully saturated rings. The second kappa shape index (κ2) is 7.75. The number of carbonyl (C=O) groups is 3. The maximum atomic E-state index is 12.0. The maximum Gasteiger partial charge on any atom is 0.307 e. The van der Waals surface area contributed by atoms with Crippen LogP contribution in [0.1, 0.15) is 24.2 Å². The summed E-state index contributed by atoms with van der Waals surface area (Å²) in [6.45, 7) is 4.34. The average molecular weight is 313 g/mol. The van der Waals surface area contributed by atoms with Crippen LogP contribution in [0.25, 0.3) is 0 Å². The Kier molecular flexibility index (Phi) is 6.32. The summed E-state index contributed by atoms with van der Waals surface area (Å²) in [4.78, 5) is 35.7. The van der Waals surface area contributed by atoms with Crippen LogP contribution >= 0.6 is 11.3 Å². The maximum absolute atomic E-state index is 12.0. The Hall–Kier alpha value is -1.93. The molecule has 0 saturated carbocycles. The quantitative estimate of drug-likeness (QED) is 0.658. The third-order valence-electron chi connectivity index (χ3n) is 2.95. The van der Waals surface area contributed by atoms with Crippen molar-refractivity contribution >= 4 is 34.1 Å². The minimum absolute atomic E-state index is 0.0597. The predicted molar refractivity (Wildman–Crippen MR) is 80.4 cm³/mol. The van der Waals surface area contributed by atoms with E-state index in [1.54, 1.807) is 23.3 Å². The standard InChI is InChI=1S/C13H19N3O4S/c1-3-16(6-8(2)13(19)20)7-10(17)15-12-9(11(14)18)4-5-21-12/h4-5,8H,3,6-7H2,1-2H3,(H2,14,18)(H,15,17)(H,19,20). The van der Waals surface area contributed by atoms with E-state index >= 15 is 0 Å². The molecule has 0 spiro atoms. The number of likely N-dealkylation sites (N-methyl/N-ethyl adjacent to an activating group) is 1. The van der Waals surface area contributed by atoms with Crippen LogP contribution in [0.4, 0.5) is 5.00 Å². The summed E-state index contributed by atoms with van der Waals surface area (Å²) in [5.74, 6) is -2.36. The van der Waals surface area contributed by atoms with E-state index in [1.165, 1.54) is 11.3 Å². The smallest absolute Gasteiger partial charge is 0.307 e. The van der Waals surface area contributed by atoms with Crippen molar-refractivity contribution < 1.29 is 19.5 Å². The summed E-state index contributed by atoms with van der Waals surface area (Å²) in [7, 11) is 0. The summed E-state index contributed by atoms with van der Waals surface area (Å²) < 4.78 is 0. The molecule has 0 aliphatic rings. The topological polar surface area (TPSA) is 113 Å². The summed E-state index contributed by atoms with van der Waals surface area (Å²) in [5, 5.41) is 13.6.